The first-order chi connectivity index (χ1) is 10.7. The fourth-order valence-electron chi connectivity index (χ4n) is 2.69. The van der Waals surface area contributed by atoms with Gasteiger partial charge in [0.25, 0.3) is 0 Å². The van der Waals surface area contributed by atoms with Gasteiger partial charge in [0.2, 0.25) is 0 Å². The predicted octanol–water partition coefficient (Wildman–Crippen LogP) is 1.54. The summed E-state index contributed by atoms with van der Waals surface area (Å²) < 4.78 is 32.5. The molecule has 0 saturated heterocycles. The second kappa shape index (κ2) is 14.9. The Labute approximate surface area is 177 Å². The molecule has 0 unspecified atom stereocenters. The molecule has 138 valence electrons. The molecule has 0 rings (SSSR count). The van der Waals surface area contributed by atoms with E-state index in [0.29, 0.717) is 4.99 Å². The number of thiocarbonyl (C=S) groups is 1. The van der Waals surface area contributed by atoms with Gasteiger partial charge in [0.15, 0.2) is 0 Å². The van der Waals surface area contributed by atoms with E-state index in [1.807, 2.05) is 0 Å². The summed E-state index contributed by atoms with van der Waals surface area (Å²) in [6.07, 6.45) is 13.5. The number of nitrogens with one attached hydrogen (secondary N) is 1. The summed E-state index contributed by atoms with van der Waals surface area (Å²) in [7, 11) is -4.24. The molecule has 0 fully saturated rings. The predicted molar refractivity (Wildman–Crippen MR) is 101 cm³/mol. The molecule has 0 radical (unpaired) electrons. The number of unbranched alkanes of at least 4 members (excludes halogenated alkanes) is 9. The second-order valence-corrected chi connectivity index (χ2v) is 8.96. The molecule has 0 aromatic heterocycles. The van der Waals surface area contributed by atoms with E-state index in [2.05, 4.69) is 12.2 Å². The molecule has 0 heterocycles. The summed E-state index contributed by atoms with van der Waals surface area (Å²) >= 11 is 5.24. The third kappa shape index (κ3) is 19.1. The van der Waals surface area contributed by atoms with Crippen LogP contribution in [0.1, 0.15) is 91.4 Å². The van der Waals surface area contributed by atoms with Crippen LogP contribution in [-0.4, -0.2) is 29.3 Å². The van der Waals surface area contributed by atoms with Gasteiger partial charge in [-0.2, -0.15) is 0 Å². The van der Waals surface area contributed by atoms with Crippen molar-refractivity contribution in [3.05, 3.63) is 0 Å². The maximum Gasteiger partial charge on any atom is 1.00 e. The van der Waals surface area contributed by atoms with Crippen molar-refractivity contribution >= 4 is 27.3 Å². The first-order valence-corrected chi connectivity index (χ1v) is 10.9. The van der Waals surface area contributed by atoms with Crippen molar-refractivity contribution in [3.8, 4) is 0 Å². The Morgan fingerprint density at radius 3 is 1.79 bits per heavy atom. The standard InChI is InChI=1S/C17H35NO3S2.Na/c1-4-5-6-7-8-9-10-11-12-13-14-16(22)18-17(2,3)15-23(19,20)21;/h4-15H2,1-3H3,(H,18,22)(H,19,20,21);/q;+1/p-1. The van der Waals surface area contributed by atoms with E-state index in [0.717, 1.165) is 19.3 Å². The van der Waals surface area contributed by atoms with Gasteiger partial charge in [-0.1, -0.05) is 76.9 Å². The van der Waals surface area contributed by atoms with Crippen LogP contribution in [0.25, 0.3) is 0 Å². The van der Waals surface area contributed by atoms with Crippen LogP contribution >= 0.6 is 12.2 Å². The molecular formula is C17H34NNaO3S2. The number of hydrogen-bond acceptors (Lipinski definition) is 4. The quantitative estimate of drug-likeness (QED) is 0.212. The topological polar surface area (TPSA) is 69.2 Å². The molecule has 7 heteroatoms. The number of hydrogen-bond donors (Lipinski definition) is 1. The van der Waals surface area contributed by atoms with Gasteiger partial charge in [-0.25, -0.2) is 8.42 Å². The summed E-state index contributed by atoms with van der Waals surface area (Å²) in [6, 6.07) is 0. The van der Waals surface area contributed by atoms with Gasteiger partial charge >= 0.3 is 29.6 Å². The summed E-state index contributed by atoms with van der Waals surface area (Å²) in [5.41, 5.74) is -0.795. The zero-order valence-corrected chi connectivity index (χ0v) is 19.7. The first kappa shape index (κ1) is 27.0. The molecule has 0 aliphatic rings. The monoisotopic (exact) mass is 387 g/mol. The smallest absolute Gasteiger partial charge is 0.748 e. The van der Waals surface area contributed by atoms with Gasteiger partial charge in [0.05, 0.1) is 20.9 Å². The Kier molecular flexibility index (Phi) is 16.8. The molecule has 0 saturated carbocycles. The largest absolute Gasteiger partial charge is 1.00 e. The Bertz CT molecular complexity index is 426. The fourth-order valence-corrected chi connectivity index (χ4v) is 4.07. The minimum absolute atomic E-state index is 0. The molecule has 24 heavy (non-hydrogen) atoms. The molecule has 0 aromatic rings. The van der Waals surface area contributed by atoms with Crippen molar-refractivity contribution in [1.29, 1.82) is 0 Å². The van der Waals surface area contributed by atoms with Crippen molar-refractivity contribution in [2.75, 3.05) is 5.75 Å². The minimum Gasteiger partial charge on any atom is -0.748 e. The van der Waals surface area contributed by atoms with Crippen LogP contribution in [0.3, 0.4) is 0 Å². The van der Waals surface area contributed by atoms with Crippen molar-refractivity contribution in [2.24, 2.45) is 0 Å². The third-order valence-corrected chi connectivity index (χ3v) is 5.15. The molecule has 0 bridgehead atoms. The van der Waals surface area contributed by atoms with Crippen LogP contribution in [-0.2, 0) is 10.1 Å². The Morgan fingerprint density at radius 1 is 0.958 bits per heavy atom. The van der Waals surface area contributed by atoms with Gasteiger partial charge in [-0.3, -0.25) is 0 Å². The Hall–Kier alpha value is 0.800. The molecule has 0 atom stereocenters. The summed E-state index contributed by atoms with van der Waals surface area (Å²) in [5, 5.41) is 3.00. The van der Waals surface area contributed by atoms with Crippen LogP contribution in [0.2, 0.25) is 0 Å². The number of rotatable bonds is 14. The van der Waals surface area contributed by atoms with Gasteiger partial charge in [0.1, 0.15) is 0 Å². The summed E-state index contributed by atoms with van der Waals surface area (Å²) in [6.45, 7) is 5.61. The van der Waals surface area contributed by atoms with Crippen molar-refractivity contribution < 1.29 is 42.5 Å². The molecule has 4 nitrogen and oxygen atoms in total. The van der Waals surface area contributed by atoms with Crippen molar-refractivity contribution in [3.63, 3.8) is 0 Å². The van der Waals surface area contributed by atoms with Crippen molar-refractivity contribution in [2.45, 2.75) is 96.9 Å². The van der Waals surface area contributed by atoms with Crippen molar-refractivity contribution in [1.82, 2.24) is 5.32 Å². The molecule has 0 aliphatic heterocycles. The average Bonchev–Trinajstić information content (AvgIpc) is 2.37. The van der Waals surface area contributed by atoms with E-state index in [1.54, 1.807) is 13.8 Å². The minimum atomic E-state index is -4.24. The summed E-state index contributed by atoms with van der Waals surface area (Å²) in [5.74, 6) is -0.446. The van der Waals surface area contributed by atoms with Crippen LogP contribution in [0.15, 0.2) is 0 Å². The van der Waals surface area contributed by atoms with Gasteiger partial charge < -0.3 is 9.87 Å². The normalized spacial score (nSPS) is 11.8. The third-order valence-electron chi connectivity index (χ3n) is 3.77. The molecular weight excluding hydrogens is 353 g/mol. The Morgan fingerprint density at radius 2 is 1.38 bits per heavy atom. The van der Waals surface area contributed by atoms with E-state index < -0.39 is 21.4 Å². The maximum absolute atomic E-state index is 10.8. The van der Waals surface area contributed by atoms with Gasteiger partial charge in [0, 0.05) is 5.54 Å². The molecule has 0 spiro atoms. The SMILES string of the molecule is CCCCCCCCCCCCC(=S)NC(C)(C)CS(=O)(=O)[O-].[Na+]. The van der Waals surface area contributed by atoms with Crippen LogP contribution < -0.4 is 34.9 Å². The van der Waals surface area contributed by atoms with E-state index in [1.165, 1.54) is 51.4 Å². The van der Waals surface area contributed by atoms with Crippen LogP contribution in [0, 0.1) is 0 Å². The molecule has 0 aliphatic carbocycles. The van der Waals surface area contributed by atoms with Gasteiger partial charge in [-0.05, 0) is 26.7 Å². The zero-order valence-electron chi connectivity index (χ0n) is 16.0. The van der Waals surface area contributed by atoms with E-state index in [-0.39, 0.29) is 29.6 Å². The van der Waals surface area contributed by atoms with E-state index in [4.69, 9.17) is 12.2 Å². The van der Waals surface area contributed by atoms with Crippen LogP contribution in [0.5, 0.6) is 0 Å². The molecule has 0 amide bonds. The fraction of sp³-hybridized carbons (Fsp3) is 0.941. The molecule has 0 aromatic carbocycles. The van der Waals surface area contributed by atoms with E-state index in [9.17, 15) is 13.0 Å². The maximum atomic E-state index is 10.8. The average molecular weight is 388 g/mol. The zero-order chi connectivity index (χ0) is 17.8. The van der Waals surface area contributed by atoms with E-state index >= 15 is 0 Å². The molecule has 1 N–H and O–H groups in total. The van der Waals surface area contributed by atoms with Crippen LogP contribution in [0.4, 0.5) is 0 Å². The first-order valence-electron chi connectivity index (χ1n) is 8.91. The Balaban J connectivity index is 0. The summed E-state index contributed by atoms with van der Waals surface area (Å²) in [4.78, 5) is 0.651. The van der Waals surface area contributed by atoms with Gasteiger partial charge in [-0.15, -0.1) is 0 Å². The second-order valence-electron chi connectivity index (χ2n) is 7.07.